The molecule has 4 N–H and O–H groups in total. The molecule has 1 unspecified atom stereocenters. The van der Waals surface area contributed by atoms with Crippen molar-refractivity contribution in [3.63, 3.8) is 0 Å². The molecule has 1 heterocycles. The van der Waals surface area contributed by atoms with Crippen molar-refractivity contribution in [3.05, 3.63) is 59.3 Å². The van der Waals surface area contributed by atoms with Crippen LogP contribution >= 0.6 is 0 Å². The van der Waals surface area contributed by atoms with E-state index in [1.807, 2.05) is 31.2 Å². The Kier molecular flexibility index (Phi) is 4.23. The molecule has 110 valence electrons. The zero-order valence-electron chi connectivity index (χ0n) is 12.1. The van der Waals surface area contributed by atoms with Gasteiger partial charge in [0.1, 0.15) is 5.82 Å². The first kappa shape index (κ1) is 15.0. The van der Waals surface area contributed by atoms with Gasteiger partial charge in [0.25, 0.3) is 0 Å². The number of hydrogen-bond donors (Lipinski definition) is 3. The summed E-state index contributed by atoms with van der Waals surface area (Å²) in [5.41, 5.74) is 6.88. The third kappa shape index (κ3) is 3.79. The highest BCUT2D eigenvalue weighted by Crippen LogP contribution is 2.27. The Morgan fingerprint density at radius 2 is 2.10 bits per heavy atom. The number of carbonyl (C=O) groups excluding carboxylic acids is 1. The zero-order valence-corrected chi connectivity index (χ0v) is 12.1. The lowest BCUT2D eigenvalue weighted by Gasteiger charge is -2.25. The fourth-order valence-electron chi connectivity index (χ4n) is 2.24. The standard InChI is InChI=1S/C16H19N3O2/c1-11-5-3-4-6-12(11)10-16(2,21)13-7-8-18-14(9-13)19-15(17)20/h3-9,21H,10H2,1-2H3,(H3,17,18,19,20). The summed E-state index contributed by atoms with van der Waals surface area (Å²) in [5.74, 6) is 0.324. The Labute approximate surface area is 123 Å². The van der Waals surface area contributed by atoms with Crippen molar-refractivity contribution in [3.8, 4) is 0 Å². The molecule has 0 fully saturated rings. The van der Waals surface area contributed by atoms with E-state index in [0.717, 1.165) is 11.1 Å². The number of aryl methyl sites for hydroxylation is 1. The van der Waals surface area contributed by atoms with Gasteiger partial charge < -0.3 is 10.8 Å². The van der Waals surface area contributed by atoms with Gasteiger partial charge in [0.2, 0.25) is 0 Å². The van der Waals surface area contributed by atoms with Crippen LogP contribution in [0.15, 0.2) is 42.6 Å². The third-order valence-electron chi connectivity index (χ3n) is 3.43. The predicted molar refractivity (Wildman–Crippen MR) is 81.9 cm³/mol. The van der Waals surface area contributed by atoms with Crippen molar-refractivity contribution in [2.75, 3.05) is 5.32 Å². The van der Waals surface area contributed by atoms with E-state index < -0.39 is 11.6 Å². The normalized spacial score (nSPS) is 13.5. The third-order valence-corrected chi connectivity index (χ3v) is 3.43. The molecule has 2 rings (SSSR count). The van der Waals surface area contributed by atoms with Gasteiger partial charge in [-0.3, -0.25) is 5.32 Å². The Bertz CT molecular complexity index is 653. The molecule has 2 amide bonds. The van der Waals surface area contributed by atoms with E-state index in [1.54, 1.807) is 19.1 Å². The van der Waals surface area contributed by atoms with Gasteiger partial charge in [0.05, 0.1) is 5.60 Å². The quantitative estimate of drug-likeness (QED) is 0.805. The van der Waals surface area contributed by atoms with Crippen LogP contribution in [0.25, 0.3) is 0 Å². The average Bonchev–Trinajstić information content (AvgIpc) is 2.41. The summed E-state index contributed by atoms with van der Waals surface area (Å²) < 4.78 is 0. The van der Waals surface area contributed by atoms with Crippen LogP contribution in [0.4, 0.5) is 10.6 Å². The number of aliphatic hydroxyl groups is 1. The van der Waals surface area contributed by atoms with Gasteiger partial charge in [0, 0.05) is 12.6 Å². The van der Waals surface area contributed by atoms with Crippen molar-refractivity contribution in [1.82, 2.24) is 4.98 Å². The van der Waals surface area contributed by atoms with Crippen LogP contribution < -0.4 is 11.1 Å². The van der Waals surface area contributed by atoms with Gasteiger partial charge >= 0.3 is 6.03 Å². The van der Waals surface area contributed by atoms with E-state index in [0.29, 0.717) is 17.8 Å². The summed E-state index contributed by atoms with van der Waals surface area (Å²) in [4.78, 5) is 14.9. The number of pyridine rings is 1. The molecule has 1 atom stereocenters. The molecule has 5 heteroatoms. The summed E-state index contributed by atoms with van der Waals surface area (Å²) in [7, 11) is 0. The molecule has 0 saturated heterocycles. The molecule has 5 nitrogen and oxygen atoms in total. The van der Waals surface area contributed by atoms with Crippen molar-refractivity contribution < 1.29 is 9.90 Å². The predicted octanol–water partition coefficient (Wildman–Crippen LogP) is 2.33. The number of nitrogens with zero attached hydrogens (tertiary/aromatic N) is 1. The topological polar surface area (TPSA) is 88.2 Å². The number of urea groups is 1. The van der Waals surface area contributed by atoms with Crippen LogP contribution in [0.5, 0.6) is 0 Å². The molecule has 0 aliphatic carbocycles. The molecule has 1 aromatic heterocycles. The van der Waals surface area contributed by atoms with Gasteiger partial charge in [-0.2, -0.15) is 0 Å². The number of nitrogens with one attached hydrogen (secondary N) is 1. The van der Waals surface area contributed by atoms with Crippen LogP contribution in [0.2, 0.25) is 0 Å². The van der Waals surface area contributed by atoms with Crippen LogP contribution in [-0.2, 0) is 12.0 Å². The highest BCUT2D eigenvalue weighted by atomic mass is 16.3. The molecule has 0 radical (unpaired) electrons. The lowest BCUT2D eigenvalue weighted by molar-refractivity contribution is 0.0574. The zero-order chi connectivity index (χ0) is 15.5. The van der Waals surface area contributed by atoms with Gasteiger partial charge in [0.15, 0.2) is 0 Å². The number of rotatable bonds is 4. The average molecular weight is 285 g/mol. The number of anilines is 1. The van der Waals surface area contributed by atoms with Crippen LogP contribution in [-0.4, -0.2) is 16.1 Å². The number of benzene rings is 1. The smallest absolute Gasteiger partial charge is 0.317 e. The Morgan fingerprint density at radius 3 is 2.76 bits per heavy atom. The molecular formula is C16H19N3O2. The van der Waals surface area contributed by atoms with E-state index in [2.05, 4.69) is 10.3 Å². The van der Waals surface area contributed by atoms with Crippen LogP contribution in [0.1, 0.15) is 23.6 Å². The number of nitrogens with two attached hydrogens (primary N) is 1. The summed E-state index contributed by atoms with van der Waals surface area (Å²) in [6.45, 7) is 3.75. The van der Waals surface area contributed by atoms with Gasteiger partial charge in [-0.25, -0.2) is 9.78 Å². The second-order valence-electron chi connectivity index (χ2n) is 5.30. The summed E-state index contributed by atoms with van der Waals surface area (Å²) in [6, 6.07) is 10.6. The maximum Gasteiger partial charge on any atom is 0.317 e. The maximum atomic E-state index is 10.9. The first-order valence-corrected chi connectivity index (χ1v) is 6.68. The monoisotopic (exact) mass is 285 g/mol. The largest absolute Gasteiger partial charge is 0.385 e. The first-order chi connectivity index (χ1) is 9.88. The minimum absolute atomic E-state index is 0.324. The lowest BCUT2D eigenvalue weighted by atomic mass is 9.88. The van der Waals surface area contributed by atoms with Crippen molar-refractivity contribution in [1.29, 1.82) is 0 Å². The maximum absolute atomic E-state index is 10.9. The van der Waals surface area contributed by atoms with Crippen molar-refractivity contribution in [2.45, 2.75) is 25.9 Å². The van der Waals surface area contributed by atoms with Gasteiger partial charge in [-0.15, -0.1) is 0 Å². The molecule has 0 saturated carbocycles. The molecule has 0 aliphatic heterocycles. The molecule has 2 aromatic rings. The molecular weight excluding hydrogens is 266 g/mol. The number of hydrogen-bond acceptors (Lipinski definition) is 3. The van der Waals surface area contributed by atoms with E-state index in [-0.39, 0.29) is 0 Å². The van der Waals surface area contributed by atoms with Crippen molar-refractivity contribution in [2.24, 2.45) is 5.73 Å². The minimum atomic E-state index is -1.07. The number of amides is 2. The number of primary amides is 1. The fraction of sp³-hybridized carbons (Fsp3) is 0.250. The number of carbonyl (C=O) groups is 1. The van der Waals surface area contributed by atoms with Gasteiger partial charge in [-0.05, 0) is 42.7 Å². The SMILES string of the molecule is Cc1ccccc1CC(C)(O)c1ccnc(NC(N)=O)c1. The van der Waals surface area contributed by atoms with Gasteiger partial charge in [-0.1, -0.05) is 24.3 Å². The summed E-state index contributed by atoms with van der Waals surface area (Å²) in [6.07, 6.45) is 2.01. The summed E-state index contributed by atoms with van der Waals surface area (Å²) in [5, 5.41) is 13.2. The molecule has 0 aliphatic rings. The molecule has 1 aromatic carbocycles. The highest BCUT2D eigenvalue weighted by molar-refractivity contribution is 5.86. The molecule has 0 bridgehead atoms. The summed E-state index contributed by atoms with van der Waals surface area (Å²) >= 11 is 0. The fourth-order valence-corrected chi connectivity index (χ4v) is 2.24. The lowest BCUT2D eigenvalue weighted by Crippen LogP contribution is -2.26. The molecule has 0 spiro atoms. The van der Waals surface area contributed by atoms with E-state index >= 15 is 0 Å². The highest BCUT2D eigenvalue weighted by Gasteiger charge is 2.24. The second kappa shape index (κ2) is 5.93. The van der Waals surface area contributed by atoms with E-state index in [4.69, 9.17) is 5.73 Å². The van der Waals surface area contributed by atoms with E-state index in [9.17, 15) is 9.90 Å². The Hall–Kier alpha value is -2.40. The van der Waals surface area contributed by atoms with Crippen LogP contribution in [0.3, 0.4) is 0 Å². The Balaban J connectivity index is 2.27. The van der Waals surface area contributed by atoms with E-state index in [1.165, 1.54) is 6.20 Å². The van der Waals surface area contributed by atoms with Crippen molar-refractivity contribution >= 4 is 11.8 Å². The Morgan fingerprint density at radius 1 is 1.38 bits per heavy atom. The number of aromatic nitrogens is 1. The molecule has 21 heavy (non-hydrogen) atoms. The second-order valence-corrected chi connectivity index (χ2v) is 5.30. The first-order valence-electron chi connectivity index (χ1n) is 6.68. The minimum Gasteiger partial charge on any atom is -0.385 e. The van der Waals surface area contributed by atoms with Crippen LogP contribution in [0, 0.1) is 6.92 Å².